The van der Waals surface area contributed by atoms with Gasteiger partial charge in [-0.15, -0.1) is 0 Å². The summed E-state index contributed by atoms with van der Waals surface area (Å²) in [5, 5.41) is 9.17. The first-order valence-corrected chi connectivity index (χ1v) is 9.91. The van der Waals surface area contributed by atoms with Crippen molar-refractivity contribution in [2.75, 3.05) is 6.26 Å². The van der Waals surface area contributed by atoms with Crippen LogP contribution in [0.4, 0.5) is 4.39 Å². The van der Waals surface area contributed by atoms with Crippen molar-refractivity contribution in [1.29, 1.82) is 0 Å². The van der Waals surface area contributed by atoms with Crippen LogP contribution in [0.1, 0.15) is 30.0 Å². The maximum absolute atomic E-state index is 13.7. The average molecular weight is 407 g/mol. The van der Waals surface area contributed by atoms with Crippen molar-refractivity contribution >= 4 is 46.9 Å². The molecule has 0 bridgehead atoms. The quantitative estimate of drug-likeness (QED) is 0.789. The van der Waals surface area contributed by atoms with Gasteiger partial charge in [-0.2, -0.15) is 0 Å². The minimum atomic E-state index is -1.04. The predicted octanol–water partition coefficient (Wildman–Crippen LogP) is 3.49. The second-order valence-corrected chi connectivity index (χ2v) is 7.32. The Bertz CT molecular complexity index is 918. The molecule has 0 amide bonds. The molecule has 1 N–H and O–H groups in total. The zero-order valence-electron chi connectivity index (χ0n) is 14.8. The molecular weight excluding hydrogens is 387 g/mol. The van der Waals surface area contributed by atoms with Crippen molar-refractivity contribution in [2.45, 2.75) is 18.2 Å². The number of aliphatic carboxylic acids is 1. The van der Waals surface area contributed by atoms with Crippen molar-refractivity contribution in [2.24, 2.45) is 0 Å². The SMILES string of the molecule is CC1=C(CC(=O)O)c2cc(F)ccc2/C1=C\c1ccc([S+](C)[O-])cc1.O=[SH2]. The van der Waals surface area contributed by atoms with Crippen LogP contribution in [0.3, 0.4) is 0 Å². The molecule has 0 spiro atoms. The van der Waals surface area contributed by atoms with Crippen LogP contribution in [-0.4, -0.2) is 26.1 Å². The molecule has 0 aliphatic heterocycles. The maximum atomic E-state index is 13.7. The van der Waals surface area contributed by atoms with Gasteiger partial charge in [-0.3, -0.25) is 9.00 Å². The summed E-state index contributed by atoms with van der Waals surface area (Å²) < 4.78 is 33.2. The van der Waals surface area contributed by atoms with Gasteiger partial charge in [0.25, 0.3) is 0 Å². The highest BCUT2D eigenvalue weighted by Gasteiger charge is 2.25. The van der Waals surface area contributed by atoms with E-state index in [4.69, 9.17) is 9.32 Å². The lowest BCUT2D eigenvalue weighted by Crippen LogP contribution is -1.97. The Hall–Kier alpha value is -2.22. The summed E-state index contributed by atoms with van der Waals surface area (Å²) in [6, 6.07) is 11.8. The third-order valence-corrected chi connectivity index (χ3v) is 5.24. The molecule has 0 heterocycles. The number of halogens is 1. The van der Waals surface area contributed by atoms with Crippen LogP contribution in [0.2, 0.25) is 0 Å². The molecule has 0 radical (unpaired) electrons. The van der Waals surface area contributed by atoms with Crippen LogP contribution in [0.25, 0.3) is 17.2 Å². The molecule has 0 saturated carbocycles. The van der Waals surface area contributed by atoms with Crippen LogP contribution >= 0.6 is 0 Å². The fourth-order valence-corrected chi connectivity index (χ4v) is 3.57. The molecule has 27 heavy (non-hydrogen) atoms. The number of hydrogen-bond acceptors (Lipinski definition) is 3. The maximum Gasteiger partial charge on any atom is 0.307 e. The number of carboxylic acid groups (broad SMARTS) is 1. The lowest BCUT2D eigenvalue weighted by Gasteiger charge is -2.06. The number of allylic oxidation sites excluding steroid dienone is 2. The number of hydrogen-bond donors (Lipinski definition) is 1. The third-order valence-electron chi connectivity index (χ3n) is 4.30. The number of fused-ring (bicyclic) bond motifs is 1. The van der Waals surface area contributed by atoms with Gasteiger partial charge in [0, 0.05) is 0 Å². The van der Waals surface area contributed by atoms with E-state index in [1.54, 1.807) is 37.0 Å². The summed E-state index contributed by atoms with van der Waals surface area (Å²) in [6.45, 7) is 1.86. The lowest BCUT2D eigenvalue weighted by molar-refractivity contribution is -0.135. The van der Waals surface area contributed by atoms with E-state index in [0.717, 1.165) is 27.2 Å². The predicted molar refractivity (Wildman–Crippen MR) is 109 cm³/mol. The molecule has 4 nitrogen and oxygen atoms in total. The van der Waals surface area contributed by atoms with Crippen molar-refractivity contribution in [3.8, 4) is 0 Å². The van der Waals surface area contributed by atoms with E-state index in [9.17, 15) is 13.7 Å². The Balaban J connectivity index is 0.00000126. The van der Waals surface area contributed by atoms with Crippen LogP contribution in [0, 0.1) is 5.82 Å². The number of benzene rings is 2. The van der Waals surface area contributed by atoms with Gasteiger partial charge in [0.15, 0.2) is 4.90 Å². The van der Waals surface area contributed by atoms with Gasteiger partial charge in [0.05, 0.1) is 6.42 Å². The van der Waals surface area contributed by atoms with E-state index in [0.29, 0.717) is 11.1 Å². The summed E-state index contributed by atoms with van der Waals surface area (Å²) in [5.74, 6) is -1.33. The van der Waals surface area contributed by atoms with Crippen LogP contribution in [0.5, 0.6) is 0 Å². The Labute approximate surface area is 165 Å². The molecule has 1 aliphatic rings. The third kappa shape index (κ3) is 4.74. The Morgan fingerprint density at radius 1 is 1.19 bits per heavy atom. The zero-order valence-corrected chi connectivity index (χ0v) is 16.6. The smallest absolute Gasteiger partial charge is 0.307 e. The highest BCUT2D eigenvalue weighted by molar-refractivity contribution is 7.90. The molecule has 1 aliphatic carbocycles. The summed E-state index contributed by atoms with van der Waals surface area (Å²) in [6.07, 6.45) is 3.43. The standard InChI is InChI=1S/C20H17FO3S.H2OS/c1-12-17(9-13-3-6-15(7-4-13)25(2)24)16-8-5-14(21)10-19(16)18(12)11-20(22)23;1-2/h3-10H,11H2,1-2H3,(H,22,23);2H2/b17-9-;. The van der Waals surface area contributed by atoms with Crippen molar-refractivity contribution in [3.63, 3.8) is 0 Å². The Morgan fingerprint density at radius 3 is 2.37 bits per heavy atom. The molecule has 0 fully saturated rings. The molecule has 3 rings (SSSR count). The second-order valence-electron chi connectivity index (χ2n) is 5.95. The van der Waals surface area contributed by atoms with Crippen LogP contribution in [-0.2, 0) is 28.5 Å². The van der Waals surface area contributed by atoms with Gasteiger partial charge < -0.3 is 9.66 Å². The largest absolute Gasteiger partial charge is 0.612 e. The Kier molecular flexibility index (Phi) is 7.12. The minimum absolute atomic E-state index is 0.145. The molecule has 7 heteroatoms. The van der Waals surface area contributed by atoms with Crippen molar-refractivity contribution in [1.82, 2.24) is 0 Å². The van der Waals surface area contributed by atoms with Crippen LogP contribution in [0.15, 0.2) is 52.9 Å². The van der Waals surface area contributed by atoms with E-state index >= 15 is 0 Å². The normalized spacial score (nSPS) is 15.2. The minimum Gasteiger partial charge on any atom is -0.612 e. The highest BCUT2D eigenvalue weighted by Crippen LogP contribution is 2.43. The molecule has 2 aromatic rings. The summed E-state index contributed by atoms with van der Waals surface area (Å²) in [4.78, 5) is 11.9. The van der Waals surface area contributed by atoms with Gasteiger partial charge in [0.1, 0.15) is 12.1 Å². The molecule has 0 aromatic heterocycles. The first-order valence-electron chi connectivity index (χ1n) is 7.94. The van der Waals surface area contributed by atoms with E-state index < -0.39 is 17.1 Å². The molecule has 2 aromatic carbocycles. The first-order chi connectivity index (χ1) is 12.9. The number of rotatable bonds is 4. The number of carbonyl (C=O) groups is 1. The monoisotopic (exact) mass is 406 g/mol. The molecule has 1 unspecified atom stereocenters. The lowest BCUT2D eigenvalue weighted by atomic mass is 10.0. The van der Waals surface area contributed by atoms with Crippen molar-refractivity contribution < 1.29 is 23.1 Å². The summed E-state index contributed by atoms with van der Waals surface area (Å²) in [5.41, 5.74) is 4.74. The van der Waals surface area contributed by atoms with Gasteiger partial charge >= 0.3 is 5.97 Å². The van der Waals surface area contributed by atoms with Gasteiger partial charge in [0.2, 0.25) is 0 Å². The summed E-state index contributed by atoms with van der Waals surface area (Å²) in [7, 11) is 0. The first kappa shape index (κ1) is 21.1. The topological polar surface area (TPSA) is 77.4 Å². The average Bonchev–Trinajstić information content (AvgIpc) is 2.88. The molecule has 0 saturated heterocycles. The van der Waals surface area contributed by atoms with Crippen molar-refractivity contribution in [3.05, 3.63) is 70.5 Å². The fraction of sp³-hybridized carbons (Fsp3) is 0.150. The number of carboxylic acids is 1. The fourth-order valence-electron chi connectivity index (χ4n) is 3.05. The summed E-state index contributed by atoms with van der Waals surface area (Å²) >= 11 is 0.686. The van der Waals surface area contributed by atoms with E-state index in [1.807, 2.05) is 25.1 Å². The Morgan fingerprint density at radius 2 is 1.81 bits per heavy atom. The zero-order chi connectivity index (χ0) is 20.1. The van der Waals surface area contributed by atoms with E-state index in [1.165, 1.54) is 12.1 Å². The molecule has 1 atom stereocenters. The van der Waals surface area contributed by atoms with Gasteiger partial charge in [-0.1, -0.05) is 6.07 Å². The van der Waals surface area contributed by atoms with Gasteiger partial charge in [-0.25, -0.2) is 4.39 Å². The molecular formula is C20H19FO4S2. The van der Waals surface area contributed by atoms with Gasteiger partial charge in [-0.05, 0) is 107 Å². The van der Waals surface area contributed by atoms with E-state index in [-0.39, 0.29) is 12.2 Å². The second kappa shape index (κ2) is 9.12. The van der Waals surface area contributed by atoms with E-state index in [2.05, 4.69) is 0 Å². The molecule has 142 valence electrons. The highest BCUT2D eigenvalue weighted by atomic mass is 32.2. The van der Waals surface area contributed by atoms with Crippen LogP contribution < -0.4 is 0 Å².